The molecule has 0 heterocycles. The first-order valence-electron chi connectivity index (χ1n) is 9.46. The minimum Gasteiger partial charge on any atom is -1.00 e. The van der Waals surface area contributed by atoms with Gasteiger partial charge in [0, 0.05) is 0 Å². The van der Waals surface area contributed by atoms with E-state index in [1.165, 1.54) is 0 Å². The van der Waals surface area contributed by atoms with Gasteiger partial charge in [0.2, 0.25) is 0 Å². The van der Waals surface area contributed by atoms with E-state index in [9.17, 15) is 10.2 Å². The van der Waals surface area contributed by atoms with Gasteiger partial charge in [-0.25, -0.2) is 0 Å². The maximum atomic E-state index is 10.8. The molecule has 0 aromatic heterocycles. The molecule has 29 heavy (non-hydrogen) atoms. The van der Waals surface area contributed by atoms with Gasteiger partial charge in [0.15, 0.2) is 0 Å². The number of benzene rings is 2. The average Bonchev–Trinajstić information content (AvgIpc) is 2.48. The minimum absolute atomic E-state index is 0. The smallest absolute Gasteiger partial charge is 1.00 e. The molecule has 0 aliphatic heterocycles. The summed E-state index contributed by atoms with van der Waals surface area (Å²) in [6.07, 6.45) is 1.41. The first kappa shape index (κ1) is 30.5. The number of phenols is 2. The Kier molecular flexibility index (Phi) is 11.7. The van der Waals surface area contributed by atoms with Crippen LogP contribution in [0.2, 0.25) is 0 Å². The predicted molar refractivity (Wildman–Crippen MR) is 110 cm³/mol. The summed E-state index contributed by atoms with van der Waals surface area (Å²) in [5.74, 6) is 0.789. The van der Waals surface area contributed by atoms with Gasteiger partial charge in [-0.3, -0.25) is 0 Å². The molecule has 0 spiro atoms. The number of hydrogen-bond acceptors (Lipinski definition) is 2. The second kappa shape index (κ2) is 11.1. The molecule has 2 aromatic carbocycles. The van der Waals surface area contributed by atoms with Crippen LogP contribution in [-0.2, 0) is 45.4 Å². The molecule has 0 unspecified atom stereocenters. The monoisotopic (exact) mass is 472 g/mol. The summed E-state index contributed by atoms with van der Waals surface area (Å²) < 4.78 is 0. The summed E-state index contributed by atoms with van der Waals surface area (Å²) in [4.78, 5) is 0. The third-order valence-electron chi connectivity index (χ3n) is 4.95. The first-order chi connectivity index (χ1) is 11.8. The van der Waals surface area contributed by atoms with Crippen molar-refractivity contribution in [3.63, 3.8) is 0 Å². The maximum Gasteiger partial charge on any atom is 2.00 e. The Bertz CT molecular complexity index is 750. The van der Waals surface area contributed by atoms with Crippen molar-refractivity contribution in [2.24, 2.45) is 0 Å². The Labute approximate surface area is 204 Å². The molecular formula is C24H34Cl2O2Ti. The molecule has 0 atom stereocenters. The number of hydrogen-bond donors (Lipinski definition) is 2. The van der Waals surface area contributed by atoms with Gasteiger partial charge in [0.1, 0.15) is 11.5 Å². The molecule has 2 aromatic rings. The van der Waals surface area contributed by atoms with E-state index in [-0.39, 0.29) is 57.4 Å². The zero-order valence-electron chi connectivity index (χ0n) is 18.9. The molecule has 0 aliphatic rings. The summed E-state index contributed by atoms with van der Waals surface area (Å²) >= 11 is 0. The van der Waals surface area contributed by atoms with Crippen molar-refractivity contribution in [3.8, 4) is 11.5 Å². The second-order valence-electron chi connectivity index (χ2n) is 9.64. The SMILES string of the molecule is Cc1cc(CCc2cc(C)cc(C(C)(C)C)c2O)c(O)c(C(C)(C)C)c1.[Cl-].[Cl-].[Ti+2]. The largest absolute Gasteiger partial charge is 2.00 e. The molecule has 0 radical (unpaired) electrons. The van der Waals surface area contributed by atoms with Gasteiger partial charge in [-0.15, -0.1) is 0 Å². The van der Waals surface area contributed by atoms with Crippen LogP contribution in [0.3, 0.4) is 0 Å². The van der Waals surface area contributed by atoms with Crippen molar-refractivity contribution in [2.45, 2.75) is 79.1 Å². The summed E-state index contributed by atoms with van der Waals surface area (Å²) in [7, 11) is 0. The first-order valence-corrected chi connectivity index (χ1v) is 9.46. The Morgan fingerprint density at radius 3 is 1.14 bits per heavy atom. The maximum absolute atomic E-state index is 10.8. The summed E-state index contributed by atoms with van der Waals surface area (Å²) in [5.41, 5.74) is 5.98. The molecule has 0 aliphatic carbocycles. The second-order valence-corrected chi connectivity index (χ2v) is 9.64. The van der Waals surface area contributed by atoms with Crippen molar-refractivity contribution in [1.29, 1.82) is 0 Å². The normalized spacial score (nSPS) is 11.2. The predicted octanol–water partition coefficient (Wildman–Crippen LogP) is 0.100. The fourth-order valence-corrected chi connectivity index (χ4v) is 3.50. The molecule has 0 bridgehead atoms. The van der Waals surface area contributed by atoms with Crippen molar-refractivity contribution >= 4 is 0 Å². The molecule has 2 rings (SSSR count). The van der Waals surface area contributed by atoms with Crippen molar-refractivity contribution in [1.82, 2.24) is 0 Å². The van der Waals surface area contributed by atoms with Crippen LogP contribution in [0.15, 0.2) is 24.3 Å². The van der Waals surface area contributed by atoms with E-state index in [0.717, 1.165) is 33.4 Å². The third kappa shape index (κ3) is 7.51. The van der Waals surface area contributed by atoms with E-state index < -0.39 is 0 Å². The topological polar surface area (TPSA) is 40.5 Å². The number of aromatic hydroxyl groups is 2. The number of phenolic OH excluding ortho intramolecular Hbond substituents is 2. The quantitative estimate of drug-likeness (QED) is 0.622. The Balaban J connectivity index is 0. The fraction of sp³-hybridized carbons (Fsp3) is 0.500. The molecule has 2 N–H and O–H groups in total. The van der Waals surface area contributed by atoms with Crippen LogP contribution in [0, 0.1) is 13.8 Å². The van der Waals surface area contributed by atoms with Crippen molar-refractivity contribution in [2.75, 3.05) is 0 Å². The molecule has 0 saturated heterocycles. The van der Waals surface area contributed by atoms with Gasteiger partial charge >= 0.3 is 21.7 Å². The van der Waals surface area contributed by atoms with Crippen LogP contribution in [0.5, 0.6) is 11.5 Å². The van der Waals surface area contributed by atoms with Crippen molar-refractivity contribution < 1.29 is 56.7 Å². The van der Waals surface area contributed by atoms with Crippen LogP contribution in [0.1, 0.15) is 74.9 Å². The van der Waals surface area contributed by atoms with Crippen LogP contribution in [-0.4, -0.2) is 10.2 Å². The molecule has 160 valence electrons. The standard InChI is InChI=1S/C24H34O2.2ClH.Ti/c1-15-11-17(21(25)19(13-15)23(3,4)5)9-10-18-12-16(2)14-20(22(18)26)24(6,7)8;;;/h11-14,25-26H,9-10H2,1-8H3;2*1H;/q;;;+2/p-2. The summed E-state index contributed by atoms with van der Waals surface area (Å²) in [5, 5.41) is 21.5. The number of rotatable bonds is 3. The van der Waals surface area contributed by atoms with E-state index in [2.05, 4.69) is 79.7 Å². The van der Waals surface area contributed by atoms with Gasteiger partial charge in [-0.05, 0) is 59.8 Å². The van der Waals surface area contributed by atoms with Gasteiger partial charge in [0.25, 0.3) is 0 Å². The van der Waals surface area contributed by atoms with Gasteiger partial charge in [0.05, 0.1) is 0 Å². The average molecular weight is 473 g/mol. The summed E-state index contributed by atoms with van der Waals surface area (Å²) in [6.45, 7) is 16.8. The molecule has 5 heteroatoms. The molecule has 2 nitrogen and oxygen atoms in total. The fourth-order valence-electron chi connectivity index (χ4n) is 3.50. The molecule has 0 fully saturated rings. The third-order valence-corrected chi connectivity index (χ3v) is 4.95. The number of halogens is 2. The van der Waals surface area contributed by atoms with E-state index in [1.54, 1.807) is 0 Å². The summed E-state index contributed by atoms with van der Waals surface area (Å²) in [6, 6.07) is 8.26. The van der Waals surface area contributed by atoms with E-state index in [4.69, 9.17) is 0 Å². The molecule has 0 saturated carbocycles. The van der Waals surface area contributed by atoms with Crippen LogP contribution >= 0.6 is 0 Å². The minimum atomic E-state index is -0.101. The Morgan fingerprint density at radius 2 is 0.897 bits per heavy atom. The van der Waals surface area contributed by atoms with Crippen molar-refractivity contribution in [3.05, 3.63) is 57.6 Å². The van der Waals surface area contributed by atoms with Gasteiger partial charge in [-0.1, -0.05) is 76.9 Å². The molecular weight excluding hydrogens is 439 g/mol. The van der Waals surface area contributed by atoms with E-state index in [1.807, 2.05) is 0 Å². The zero-order valence-corrected chi connectivity index (χ0v) is 21.9. The van der Waals surface area contributed by atoms with Crippen LogP contribution in [0.25, 0.3) is 0 Å². The van der Waals surface area contributed by atoms with E-state index in [0.29, 0.717) is 24.3 Å². The Hall–Kier alpha value is -0.666. The molecule has 0 amide bonds. The Morgan fingerprint density at radius 1 is 0.621 bits per heavy atom. The van der Waals surface area contributed by atoms with Gasteiger partial charge < -0.3 is 35.0 Å². The van der Waals surface area contributed by atoms with E-state index >= 15 is 0 Å². The van der Waals surface area contributed by atoms with Crippen LogP contribution in [0.4, 0.5) is 0 Å². The van der Waals surface area contributed by atoms with Gasteiger partial charge in [-0.2, -0.15) is 0 Å². The number of aryl methyl sites for hydroxylation is 4. The zero-order chi connectivity index (χ0) is 19.9. The van der Waals surface area contributed by atoms with Crippen LogP contribution < -0.4 is 24.8 Å².